The van der Waals surface area contributed by atoms with Crippen LogP contribution in [0.25, 0.3) is 0 Å². The molecule has 4 atom stereocenters. The second-order valence-corrected chi connectivity index (χ2v) is 9.32. The first-order valence-electron chi connectivity index (χ1n) is 10.6. The Kier molecular flexibility index (Phi) is 4.43. The largest absolute Gasteiger partial charge is 0.341 e. The summed E-state index contributed by atoms with van der Waals surface area (Å²) in [4.78, 5) is 27.6. The molecule has 0 radical (unpaired) electrons. The lowest BCUT2D eigenvalue weighted by Gasteiger charge is -2.44. The fourth-order valence-corrected chi connectivity index (χ4v) is 5.86. The standard InChI is InChI=1S/C22H29N3O3/c26-20(24-28)18-11-22(8-9-22)13-23-19(18)21(27)25-10-7-17-15(12-25)6-5-14-3-1-2-4-16(14)17/h1-4,15,17-19,23,28H,5-13H2,(H,24,26). The number of piperidine rings is 2. The Balaban J connectivity index is 1.30. The Labute approximate surface area is 165 Å². The number of nitrogens with one attached hydrogen (secondary N) is 2. The van der Waals surface area contributed by atoms with Crippen molar-refractivity contribution in [2.75, 3.05) is 19.6 Å². The molecule has 150 valence electrons. The Morgan fingerprint density at radius 3 is 2.82 bits per heavy atom. The van der Waals surface area contributed by atoms with E-state index in [1.165, 1.54) is 11.1 Å². The number of benzene rings is 1. The van der Waals surface area contributed by atoms with Crippen LogP contribution in [0.15, 0.2) is 24.3 Å². The van der Waals surface area contributed by atoms with Crippen molar-refractivity contribution in [3.05, 3.63) is 35.4 Å². The van der Waals surface area contributed by atoms with Gasteiger partial charge in [-0.25, -0.2) is 5.48 Å². The van der Waals surface area contributed by atoms with Crippen LogP contribution in [0.2, 0.25) is 0 Å². The molecular formula is C22H29N3O3. The summed E-state index contributed by atoms with van der Waals surface area (Å²) in [5, 5.41) is 12.5. The van der Waals surface area contributed by atoms with Crippen molar-refractivity contribution in [1.29, 1.82) is 0 Å². The van der Waals surface area contributed by atoms with Crippen molar-refractivity contribution < 1.29 is 14.8 Å². The van der Waals surface area contributed by atoms with Gasteiger partial charge in [0.05, 0.1) is 12.0 Å². The second kappa shape index (κ2) is 6.85. The van der Waals surface area contributed by atoms with Gasteiger partial charge in [0, 0.05) is 19.6 Å². The minimum Gasteiger partial charge on any atom is -0.341 e. The number of rotatable bonds is 2. The summed E-state index contributed by atoms with van der Waals surface area (Å²) in [6.45, 7) is 2.31. The van der Waals surface area contributed by atoms with E-state index < -0.39 is 17.9 Å². The zero-order valence-corrected chi connectivity index (χ0v) is 16.2. The molecule has 4 aliphatic rings. The number of hydrogen-bond donors (Lipinski definition) is 3. The zero-order chi connectivity index (χ0) is 19.3. The van der Waals surface area contributed by atoms with E-state index in [-0.39, 0.29) is 11.3 Å². The molecule has 3 fully saturated rings. The predicted molar refractivity (Wildman–Crippen MR) is 104 cm³/mol. The molecule has 3 N–H and O–H groups in total. The van der Waals surface area contributed by atoms with Gasteiger partial charge in [0.15, 0.2) is 0 Å². The van der Waals surface area contributed by atoms with Crippen LogP contribution in [0.3, 0.4) is 0 Å². The minimum atomic E-state index is -0.522. The van der Waals surface area contributed by atoms with Gasteiger partial charge in [-0.3, -0.25) is 14.8 Å². The van der Waals surface area contributed by atoms with Gasteiger partial charge in [-0.2, -0.15) is 0 Å². The molecule has 1 saturated carbocycles. The quantitative estimate of drug-likeness (QED) is 0.538. The van der Waals surface area contributed by atoms with Crippen molar-refractivity contribution in [3.63, 3.8) is 0 Å². The lowest BCUT2D eigenvalue weighted by molar-refractivity contribution is -0.146. The van der Waals surface area contributed by atoms with Crippen molar-refractivity contribution in [3.8, 4) is 0 Å². The van der Waals surface area contributed by atoms with E-state index in [0.717, 1.165) is 51.7 Å². The van der Waals surface area contributed by atoms with Gasteiger partial charge in [-0.05, 0) is 66.9 Å². The maximum absolute atomic E-state index is 13.3. The van der Waals surface area contributed by atoms with E-state index in [2.05, 4.69) is 29.6 Å². The van der Waals surface area contributed by atoms with E-state index >= 15 is 0 Å². The molecule has 6 nitrogen and oxygen atoms in total. The molecule has 2 amide bonds. The van der Waals surface area contributed by atoms with Gasteiger partial charge in [0.2, 0.25) is 11.8 Å². The number of fused-ring (bicyclic) bond motifs is 3. The zero-order valence-electron chi connectivity index (χ0n) is 16.2. The number of hydrogen-bond acceptors (Lipinski definition) is 4. The van der Waals surface area contributed by atoms with Gasteiger partial charge in [0.1, 0.15) is 0 Å². The molecule has 2 heterocycles. The van der Waals surface area contributed by atoms with Crippen LogP contribution in [0, 0.1) is 17.3 Å². The number of carbonyl (C=O) groups excluding carboxylic acids is 2. The molecule has 1 aromatic rings. The second-order valence-electron chi connectivity index (χ2n) is 9.32. The summed E-state index contributed by atoms with van der Waals surface area (Å²) < 4.78 is 0. The molecular weight excluding hydrogens is 354 g/mol. The average Bonchev–Trinajstić information content (AvgIpc) is 3.50. The van der Waals surface area contributed by atoms with Crippen LogP contribution in [0.5, 0.6) is 0 Å². The maximum Gasteiger partial charge on any atom is 0.248 e. The number of likely N-dealkylation sites (tertiary alicyclic amines) is 1. The lowest BCUT2D eigenvalue weighted by atomic mass is 9.71. The predicted octanol–water partition coefficient (Wildman–Crippen LogP) is 1.83. The molecule has 5 rings (SSSR count). The highest BCUT2D eigenvalue weighted by Crippen LogP contribution is 2.52. The van der Waals surface area contributed by atoms with Gasteiger partial charge in [-0.15, -0.1) is 0 Å². The van der Waals surface area contributed by atoms with Gasteiger partial charge < -0.3 is 10.2 Å². The van der Waals surface area contributed by atoms with E-state index in [9.17, 15) is 14.8 Å². The molecule has 2 aliphatic carbocycles. The first-order chi connectivity index (χ1) is 13.6. The minimum absolute atomic E-state index is 0.0291. The Morgan fingerprint density at radius 1 is 1.21 bits per heavy atom. The molecule has 1 aromatic carbocycles. The number of amides is 2. The first kappa shape index (κ1) is 18.1. The van der Waals surface area contributed by atoms with Gasteiger partial charge in [-0.1, -0.05) is 24.3 Å². The Bertz CT molecular complexity index is 791. The van der Waals surface area contributed by atoms with Crippen molar-refractivity contribution in [1.82, 2.24) is 15.7 Å². The highest BCUT2D eigenvalue weighted by atomic mass is 16.5. The molecule has 28 heavy (non-hydrogen) atoms. The van der Waals surface area contributed by atoms with Crippen LogP contribution < -0.4 is 10.8 Å². The number of nitrogens with zero attached hydrogens (tertiary/aromatic N) is 1. The maximum atomic E-state index is 13.3. The number of carbonyl (C=O) groups is 2. The monoisotopic (exact) mass is 383 g/mol. The molecule has 2 saturated heterocycles. The third-order valence-corrected chi connectivity index (χ3v) is 7.71. The highest BCUT2D eigenvalue weighted by Gasteiger charge is 2.53. The Morgan fingerprint density at radius 2 is 2.04 bits per heavy atom. The third-order valence-electron chi connectivity index (χ3n) is 7.71. The normalized spacial score (nSPS) is 33.0. The average molecular weight is 383 g/mol. The van der Waals surface area contributed by atoms with E-state index in [0.29, 0.717) is 18.3 Å². The first-order valence-corrected chi connectivity index (χ1v) is 10.6. The fourth-order valence-electron chi connectivity index (χ4n) is 5.86. The van der Waals surface area contributed by atoms with Crippen LogP contribution in [-0.4, -0.2) is 47.6 Å². The summed E-state index contributed by atoms with van der Waals surface area (Å²) in [5.41, 5.74) is 4.89. The SMILES string of the molecule is O=C(NO)C1CC2(CC2)CNC1C(=O)N1CCC2c3ccccc3CCC2C1. The van der Waals surface area contributed by atoms with Crippen LogP contribution in [0.1, 0.15) is 49.1 Å². The summed E-state index contributed by atoms with van der Waals surface area (Å²) in [6.07, 6.45) is 6.08. The Hall–Kier alpha value is -1.92. The van der Waals surface area contributed by atoms with Crippen LogP contribution >= 0.6 is 0 Å². The van der Waals surface area contributed by atoms with Crippen molar-refractivity contribution >= 4 is 11.8 Å². The van der Waals surface area contributed by atoms with Crippen molar-refractivity contribution in [2.24, 2.45) is 17.3 Å². The topological polar surface area (TPSA) is 81.7 Å². The third kappa shape index (κ3) is 3.03. The van der Waals surface area contributed by atoms with E-state index in [4.69, 9.17) is 0 Å². The lowest BCUT2D eigenvalue weighted by Crippen LogP contribution is -2.60. The van der Waals surface area contributed by atoms with Crippen LogP contribution in [-0.2, 0) is 16.0 Å². The molecule has 6 heteroatoms. The summed E-state index contributed by atoms with van der Waals surface area (Å²) in [6, 6.07) is 8.21. The summed E-state index contributed by atoms with van der Waals surface area (Å²) >= 11 is 0. The summed E-state index contributed by atoms with van der Waals surface area (Å²) in [5.74, 6) is 0.147. The van der Waals surface area contributed by atoms with Crippen molar-refractivity contribution in [2.45, 2.75) is 50.5 Å². The summed E-state index contributed by atoms with van der Waals surface area (Å²) in [7, 11) is 0. The number of aryl methyl sites for hydroxylation is 1. The van der Waals surface area contributed by atoms with E-state index in [1.807, 2.05) is 4.90 Å². The molecule has 4 unspecified atom stereocenters. The van der Waals surface area contributed by atoms with Gasteiger partial charge >= 0.3 is 0 Å². The number of hydroxylamine groups is 1. The van der Waals surface area contributed by atoms with E-state index in [1.54, 1.807) is 5.48 Å². The highest BCUT2D eigenvalue weighted by molar-refractivity contribution is 5.90. The smallest absolute Gasteiger partial charge is 0.248 e. The van der Waals surface area contributed by atoms with Gasteiger partial charge in [0.25, 0.3) is 0 Å². The molecule has 2 aliphatic heterocycles. The molecule has 0 bridgehead atoms. The molecule has 0 aromatic heterocycles. The fraction of sp³-hybridized carbons (Fsp3) is 0.636. The molecule has 1 spiro atoms. The van der Waals surface area contributed by atoms with Crippen LogP contribution in [0.4, 0.5) is 0 Å².